The van der Waals surface area contributed by atoms with Crippen LogP contribution in [0.25, 0.3) is 0 Å². The fourth-order valence-corrected chi connectivity index (χ4v) is 6.17. The number of hydrogen-bond donors (Lipinski definition) is 0. The van der Waals surface area contributed by atoms with Crippen LogP contribution in [0, 0.1) is 0 Å². The summed E-state index contributed by atoms with van der Waals surface area (Å²) >= 11 is 1.24. The zero-order valence-corrected chi connectivity index (χ0v) is 18.3. The predicted octanol–water partition coefficient (Wildman–Crippen LogP) is 2.06. The minimum absolute atomic E-state index is 0.0410. The summed E-state index contributed by atoms with van der Waals surface area (Å²) in [4.78, 5) is 14.6. The van der Waals surface area contributed by atoms with Crippen molar-refractivity contribution in [2.45, 2.75) is 48.1 Å². The molecule has 10 heteroatoms. The second kappa shape index (κ2) is 7.97. The van der Waals surface area contributed by atoms with Crippen molar-refractivity contribution >= 4 is 27.7 Å². The van der Waals surface area contributed by atoms with E-state index < -0.39 is 10.0 Å². The Kier molecular flexibility index (Phi) is 5.32. The molecule has 1 aromatic heterocycles. The molecule has 1 aliphatic heterocycles. The molecule has 1 saturated heterocycles. The van der Waals surface area contributed by atoms with E-state index in [1.54, 1.807) is 11.0 Å². The second-order valence-electron chi connectivity index (χ2n) is 8.04. The molecule has 8 nitrogen and oxygen atoms in total. The highest BCUT2D eigenvalue weighted by Crippen LogP contribution is 2.39. The lowest BCUT2D eigenvalue weighted by molar-refractivity contribution is -0.129. The summed E-state index contributed by atoms with van der Waals surface area (Å²) < 4.78 is 33.1. The van der Waals surface area contributed by atoms with Crippen molar-refractivity contribution in [1.29, 1.82) is 0 Å². The average molecular weight is 449 g/mol. The molecule has 1 aromatic carbocycles. The van der Waals surface area contributed by atoms with Gasteiger partial charge in [0.15, 0.2) is 0 Å². The van der Waals surface area contributed by atoms with Crippen molar-refractivity contribution in [3.05, 3.63) is 35.2 Å². The molecule has 5 rings (SSSR count). The van der Waals surface area contributed by atoms with Gasteiger partial charge in [-0.3, -0.25) is 4.79 Å². The van der Waals surface area contributed by atoms with Crippen LogP contribution in [0.2, 0.25) is 0 Å². The van der Waals surface area contributed by atoms with Crippen LogP contribution in [-0.2, 0) is 27.7 Å². The molecule has 0 spiro atoms. The summed E-state index contributed by atoms with van der Waals surface area (Å²) in [5, 5.41) is 8.42. The minimum atomic E-state index is -3.53. The first-order chi connectivity index (χ1) is 14.5. The Morgan fingerprint density at radius 2 is 1.87 bits per heavy atom. The van der Waals surface area contributed by atoms with Gasteiger partial charge in [0, 0.05) is 32.1 Å². The van der Waals surface area contributed by atoms with Crippen LogP contribution < -0.4 is 0 Å². The van der Waals surface area contributed by atoms with E-state index in [1.165, 1.54) is 21.6 Å². The highest BCUT2D eigenvalue weighted by Gasteiger charge is 2.32. The van der Waals surface area contributed by atoms with Gasteiger partial charge in [0.2, 0.25) is 21.8 Å². The maximum Gasteiger partial charge on any atom is 0.277 e. The number of amides is 1. The number of benzene rings is 1. The van der Waals surface area contributed by atoms with Crippen molar-refractivity contribution in [3.63, 3.8) is 0 Å². The van der Waals surface area contributed by atoms with E-state index >= 15 is 0 Å². The first kappa shape index (κ1) is 20.0. The molecule has 160 valence electrons. The molecule has 0 unspecified atom stereocenters. The minimum Gasteiger partial charge on any atom is -0.416 e. The summed E-state index contributed by atoms with van der Waals surface area (Å²) in [6, 6.07) is 5.48. The van der Waals surface area contributed by atoms with Gasteiger partial charge in [-0.25, -0.2) is 8.42 Å². The van der Waals surface area contributed by atoms with Crippen LogP contribution in [0.3, 0.4) is 0 Å². The number of carbonyl (C=O) groups is 1. The number of rotatable bonds is 6. The molecule has 1 amide bonds. The lowest BCUT2D eigenvalue weighted by atomic mass is 10.1. The van der Waals surface area contributed by atoms with E-state index in [1.807, 2.05) is 12.1 Å². The molecule has 0 N–H and O–H groups in total. The maximum absolute atomic E-state index is 13.0. The molecule has 2 aromatic rings. The normalized spacial score (nSPS) is 19.8. The molecule has 2 aliphatic carbocycles. The highest BCUT2D eigenvalue weighted by molar-refractivity contribution is 7.99. The van der Waals surface area contributed by atoms with Gasteiger partial charge < -0.3 is 9.32 Å². The third kappa shape index (κ3) is 4.00. The van der Waals surface area contributed by atoms with E-state index in [0.29, 0.717) is 48.1 Å². The summed E-state index contributed by atoms with van der Waals surface area (Å²) in [5.74, 6) is 1.23. The van der Waals surface area contributed by atoms with Gasteiger partial charge >= 0.3 is 0 Å². The third-order valence-electron chi connectivity index (χ3n) is 5.97. The molecule has 0 atom stereocenters. The second-order valence-corrected chi connectivity index (χ2v) is 10.9. The van der Waals surface area contributed by atoms with Crippen LogP contribution in [0.1, 0.15) is 42.2 Å². The van der Waals surface area contributed by atoms with Crippen LogP contribution in [-0.4, -0.2) is 65.7 Å². The van der Waals surface area contributed by atoms with E-state index in [2.05, 4.69) is 10.2 Å². The third-order valence-corrected chi connectivity index (χ3v) is 8.66. The van der Waals surface area contributed by atoms with Gasteiger partial charge in [-0.2, -0.15) is 4.31 Å². The lowest BCUT2D eigenvalue weighted by Gasteiger charge is -2.34. The predicted molar refractivity (Wildman–Crippen MR) is 111 cm³/mol. The Bertz CT molecular complexity index is 1060. The number of aromatic nitrogens is 2. The molecule has 0 bridgehead atoms. The fraction of sp³-hybridized carbons (Fsp3) is 0.550. The van der Waals surface area contributed by atoms with Crippen molar-refractivity contribution in [1.82, 2.24) is 19.4 Å². The Morgan fingerprint density at radius 1 is 1.10 bits per heavy atom. The Labute approximate surface area is 180 Å². The number of piperazine rings is 1. The number of aryl methyl sites for hydroxylation is 2. The van der Waals surface area contributed by atoms with Gasteiger partial charge in [-0.15, -0.1) is 10.2 Å². The van der Waals surface area contributed by atoms with E-state index in [-0.39, 0.29) is 11.7 Å². The number of fused-ring (bicyclic) bond motifs is 1. The van der Waals surface area contributed by atoms with Gasteiger partial charge in [0.25, 0.3) is 5.22 Å². The van der Waals surface area contributed by atoms with Crippen LogP contribution >= 0.6 is 11.8 Å². The molecule has 3 aliphatic rings. The standard InChI is InChI=1S/C20H24N4O4S2/c25-18(13-29-20-22-21-19(28-20)15-4-5-15)23-8-10-24(11-9-23)30(26,27)17-7-6-14-2-1-3-16(14)12-17/h6-7,12,15H,1-5,8-11,13H2. The molecule has 2 heterocycles. The smallest absolute Gasteiger partial charge is 0.277 e. The van der Waals surface area contributed by atoms with Crippen LogP contribution in [0.15, 0.2) is 32.7 Å². The monoisotopic (exact) mass is 448 g/mol. The van der Waals surface area contributed by atoms with Gasteiger partial charge in [0.1, 0.15) is 0 Å². The van der Waals surface area contributed by atoms with E-state index in [4.69, 9.17) is 4.42 Å². The molecule has 30 heavy (non-hydrogen) atoms. The van der Waals surface area contributed by atoms with Crippen molar-refractivity contribution < 1.29 is 17.6 Å². The van der Waals surface area contributed by atoms with Crippen molar-refractivity contribution in [3.8, 4) is 0 Å². The maximum atomic E-state index is 13.0. The zero-order valence-electron chi connectivity index (χ0n) is 16.6. The molecular weight excluding hydrogens is 424 g/mol. The Hall–Kier alpha value is -1.91. The fourth-order valence-electron chi connectivity index (χ4n) is 4.02. The first-order valence-electron chi connectivity index (χ1n) is 10.4. The first-order valence-corrected chi connectivity index (χ1v) is 12.8. The quantitative estimate of drug-likeness (QED) is 0.624. The van der Waals surface area contributed by atoms with Crippen molar-refractivity contribution in [2.24, 2.45) is 0 Å². The van der Waals surface area contributed by atoms with Crippen molar-refractivity contribution in [2.75, 3.05) is 31.9 Å². The molecular formula is C20H24N4O4S2. The largest absolute Gasteiger partial charge is 0.416 e. The van der Waals surface area contributed by atoms with E-state index in [9.17, 15) is 13.2 Å². The Morgan fingerprint density at radius 3 is 2.63 bits per heavy atom. The summed E-state index contributed by atoms with van der Waals surface area (Å²) in [6.45, 7) is 1.39. The number of thioether (sulfide) groups is 1. The summed E-state index contributed by atoms with van der Waals surface area (Å²) in [5.41, 5.74) is 2.40. The van der Waals surface area contributed by atoms with Crippen LogP contribution in [0.5, 0.6) is 0 Å². The summed E-state index contributed by atoms with van der Waals surface area (Å²) in [7, 11) is -3.53. The SMILES string of the molecule is O=C(CSc1nnc(C2CC2)o1)N1CCN(S(=O)(=O)c2ccc3c(c2)CCC3)CC1. The number of nitrogens with zero attached hydrogens (tertiary/aromatic N) is 4. The molecule has 2 fully saturated rings. The zero-order chi connectivity index (χ0) is 20.7. The number of hydrogen-bond acceptors (Lipinski definition) is 7. The highest BCUT2D eigenvalue weighted by atomic mass is 32.2. The molecule has 0 radical (unpaired) electrons. The van der Waals surface area contributed by atoms with Gasteiger partial charge in [0.05, 0.1) is 10.6 Å². The number of carbonyl (C=O) groups excluding carboxylic acids is 1. The van der Waals surface area contributed by atoms with Gasteiger partial charge in [-0.1, -0.05) is 17.8 Å². The summed E-state index contributed by atoms with van der Waals surface area (Å²) in [6.07, 6.45) is 5.23. The number of sulfonamides is 1. The topological polar surface area (TPSA) is 96.6 Å². The van der Waals surface area contributed by atoms with Gasteiger partial charge in [-0.05, 0) is 55.4 Å². The van der Waals surface area contributed by atoms with E-state index in [0.717, 1.165) is 37.7 Å². The van der Waals surface area contributed by atoms with Crippen LogP contribution in [0.4, 0.5) is 0 Å². The lowest BCUT2D eigenvalue weighted by Crippen LogP contribution is -2.50. The average Bonchev–Trinajstić information content (AvgIpc) is 3.31. The molecule has 1 saturated carbocycles. The Balaban J connectivity index is 1.15.